The molecule has 1 unspecified atom stereocenters. The van der Waals surface area contributed by atoms with Gasteiger partial charge in [0.15, 0.2) is 0 Å². The van der Waals surface area contributed by atoms with E-state index < -0.39 is 12.0 Å². The van der Waals surface area contributed by atoms with Gasteiger partial charge in [-0.3, -0.25) is 9.59 Å². The van der Waals surface area contributed by atoms with E-state index in [2.05, 4.69) is 5.32 Å². The molecule has 5 nitrogen and oxygen atoms in total. The fraction of sp³-hybridized carbons (Fsp3) is 0.125. The van der Waals surface area contributed by atoms with Crippen molar-refractivity contribution in [3.05, 3.63) is 60.2 Å². The average molecular weight is 284 g/mol. The van der Waals surface area contributed by atoms with Crippen molar-refractivity contribution in [3.8, 4) is 11.1 Å². The van der Waals surface area contributed by atoms with Crippen molar-refractivity contribution >= 4 is 11.8 Å². The normalized spacial score (nSPS) is 11.7. The topological polar surface area (TPSA) is 92.4 Å². The summed E-state index contributed by atoms with van der Waals surface area (Å²) in [6.07, 6.45) is -1.38. The van der Waals surface area contributed by atoms with E-state index in [0.717, 1.165) is 11.1 Å². The fourth-order valence-corrected chi connectivity index (χ4v) is 1.84. The number of primary amides is 1. The molecule has 5 heteroatoms. The van der Waals surface area contributed by atoms with Crippen LogP contribution < -0.4 is 11.1 Å². The van der Waals surface area contributed by atoms with Crippen LogP contribution in [0.1, 0.15) is 10.4 Å². The van der Waals surface area contributed by atoms with Gasteiger partial charge in [0.05, 0.1) is 6.54 Å². The first-order valence-corrected chi connectivity index (χ1v) is 6.49. The molecule has 0 spiro atoms. The quantitative estimate of drug-likeness (QED) is 0.762. The number of hydrogen-bond donors (Lipinski definition) is 3. The smallest absolute Gasteiger partial charge is 0.251 e. The summed E-state index contributed by atoms with van der Waals surface area (Å²) in [5, 5.41) is 11.7. The van der Waals surface area contributed by atoms with Crippen LogP contribution in [0, 0.1) is 0 Å². The first-order chi connectivity index (χ1) is 10.1. The molecule has 2 rings (SSSR count). The second-order valence-electron chi connectivity index (χ2n) is 4.57. The van der Waals surface area contributed by atoms with Crippen LogP contribution in [0.15, 0.2) is 54.6 Å². The summed E-state index contributed by atoms with van der Waals surface area (Å²) in [5.74, 6) is -1.23. The van der Waals surface area contributed by atoms with Crippen molar-refractivity contribution < 1.29 is 14.7 Å². The maximum atomic E-state index is 11.8. The molecule has 2 amide bonds. The van der Waals surface area contributed by atoms with Gasteiger partial charge in [-0.05, 0) is 23.3 Å². The maximum absolute atomic E-state index is 11.8. The SMILES string of the molecule is NC(=O)C(O)CNC(=O)c1ccc(-c2ccccc2)cc1. The molecule has 0 aliphatic rings. The van der Waals surface area contributed by atoms with Gasteiger partial charge in [-0.1, -0.05) is 42.5 Å². The highest BCUT2D eigenvalue weighted by Gasteiger charge is 2.13. The first kappa shape index (κ1) is 14.7. The Hall–Kier alpha value is -2.66. The monoisotopic (exact) mass is 284 g/mol. The van der Waals surface area contributed by atoms with E-state index in [4.69, 9.17) is 5.73 Å². The van der Waals surface area contributed by atoms with Gasteiger partial charge in [-0.15, -0.1) is 0 Å². The molecular weight excluding hydrogens is 268 g/mol. The van der Waals surface area contributed by atoms with Gasteiger partial charge < -0.3 is 16.2 Å². The van der Waals surface area contributed by atoms with Gasteiger partial charge in [0, 0.05) is 5.56 Å². The Morgan fingerprint density at radius 1 is 1.00 bits per heavy atom. The molecule has 21 heavy (non-hydrogen) atoms. The second-order valence-corrected chi connectivity index (χ2v) is 4.57. The third kappa shape index (κ3) is 3.90. The van der Waals surface area contributed by atoms with Crippen LogP contribution in [-0.2, 0) is 4.79 Å². The first-order valence-electron chi connectivity index (χ1n) is 6.49. The zero-order valence-corrected chi connectivity index (χ0v) is 11.3. The number of aliphatic hydroxyl groups is 1. The van der Waals surface area contributed by atoms with Crippen LogP contribution in [0.25, 0.3) is 11.1 Å². The standard InChI is InChI=1S/C16H16N2O3/c17-15(20)14(19)10-18-16(21)13-8-6-12(7-9-13)11-4-2-1-3-5-11/h1-9,14,19H,10H2,(H2,17,20)(H,18,21). The molecule has 0 aliphatic heterocycles. The van der Waals surface area contributed by atoms with E-state index in [0.29, 0.717) is 5.56 Å². The van der Waals surface area contributed by atoms with E-state index in [1.807, 2.05) is 42.5 Å². The number of nitrogens with one attached hydrogen (secondary N) is 1. The molecule has 2 aromatic rings. The Labute approximate surface area is 122 Å². The Balaban J connectivity index is 2.02. The maximum Gasteiger partial charge on any atom is 0.251 e. The fourth-order valence-electron chi connectivity index (χ4n) is 1.84. The Morgan fingerprint density at radius 3 is 2.14 bits per heavy atom. The highest BCUT2D eigenvalue weighted by Crippen LogP contribution is 2.19. The number of carbonyl (C=O) groups is 2. The summed E-state index contributed by atoms with van der Waals surface area (Å²) in [6, 6.07) is 16.9. The number of nitrogens with two attached hydrogens (primary N) is 1. The van der Waals surface area contributed by atoms with Crippen LogP contribution in [0.2, 0.25) is 0 Å². The van der Waals surface area contributed by atoms with Crippen molar-refractivity contribution in [1.82, 2.24) is 5.32 Å². The largest absolute Gasteiger partial charge is 0.381 e. The molecule has 2 aromatic carbocycles. The molecule has 0 bridgehead atoms. The predicted molar refractivity (Wildman–Crippen MR) is 79.4 cm³/mol. The third-order valence-corrected chi connectivity index (χ3v) is 3.04. The molecule has 0 radical (unpaired) electrons. The summed E-state index contributed by atoms with van der Waals surface area (Å²) in [5.41, 5.74) is 7.42. The molecular formula is C16H16N2O3. The number of amides is 2. The third-order valence-electron chi connectivity index (χ3n) is 3.04. The summed E-state index contributed by atoms with van der Waals surface area (Å²) >= 11 is 0. The number of carbonyl (C=O) groups excluding carboxylic acids is 2. The number of benzene rings is 2. The number of rotatable bonds is 5. The van der Waals surface area contributed by atoms with E-state index in [1.165, 1.54) is 0 Å². The molecule has 0 aliphatic carbocycles. The predicted octanol–water partition coefficient (Wildman–Crippen LogP) is 0.930. The highest BCUT2D eigenvalue weighted by molar-refractivity contribution is 5.95. The molecule has 0 saturated carbocycles. The number of aliphatic hydroxyl groups excluding tert-OH is 1. The van der Waals surface area contributed by atoms with Crippen molar-refractivity contribution in [3.63, 3.8) is 0 Å². The molecule has 0 aromatic heterocycles. The van der Waals surface area contributed by atoms with Crippen LogP contribution in [0.5, 0.6) is 0 Å². The Morgan fingerprint density at radius 2 is 1.57 bits per heavy atom. The van der Waals surface area contributed by atoms with Crippen LogP contribution in [0.3, 0.4) is 0 Å². The Bertz CT molecular complexity index is 624. The Kier molecular flexibility index (Phi) is 4.68. The summed E-state index contributed by atoms with van der Waals surface area (Å²) in [7, 11) is 0. The van der Waals surface area contributed by atoms with Crippen LogP contribution in [-0.4, -0.2) is 29.6 Å². The summed E-state index contributed by atoms with van der Waals surface area (Å²) in [4.78, 5) is 22.5. The van der Waals surface area contributed by atoms with E-state index in [9.17, 15) is 14.7 Å². The zero-order valence-electron chi connectivity index (χ0n) is 11.3. The van der Waals surface area contributed by atoms with Crippen molar-refractivity contribution in [2.24, 2.45) is 5.73 Å². The van der Waals surface area contributed by atoms with Gasteiger partial charge in [-0.2, -0.15) is 0 Å². The number of hydrogen-bond acceptors (Lipinski definition) is 3. The lowest BCUT2D eigenvalue weighted by molar-refractivity contribution is -0.125. The minimum absolute atomic E-state index is 0.200. The minimum Gasteiger partial charge on any atom is -0.381 e. The lowest BCUT2D eigenvalue weighted by atomic mass is 10.0. The van der Waals surface area contributed by atoms with E-state index >= 15 is 0 Å². The van der Waals surface area contributed by atoms with Crippen molar-refractivity contribution in [2.45, 2.75) is 6.10 Å². The van der Waals surface area contributed by atoms with Gasteiger partial charge in [0.2, 0.25) is 5.91 Å². The van der Waals surface area contributed by atoms with Gasteiger partial charge in [-0.25, -0.2) is 0 Å². The van der Waals surface area contributed by atoms with E-state index in [-0.39, 0.29) is 12.5 Å². The van der Waals surface area contributed by atoms with Crippen molar-refractivity contribution in [1.29, 1.82) is 0 Å². The summed E-state index contributed by atoms with van der Waals surface area (Å²) in [6.45, 7) is -0.200. The molecule has 0 heterocycles. The lowest BCUT2D eigenvalue weighted by Crippen LogP contribution is -2.39. The van der Waals surface area contributed by atoms with E-state index in [1.54, 1.807) is 12.1 Å². The van der Waals surface area contributed by atoms with Gasteiger partial charge >= 0.3 is 0 Å². The van der Waals surface area contributed by atoms with Gasteiger partial charge in [0.25, 0.3) is 5.91 Å². The highest BCUT2D eigenvalue weighted by atomic mass is 16.3. The van der Waals surface area contributed by atoms with Crippen LogP contribution >= 0.6 is 0 Å². The van der Waals surface area contributed by atoms with Gasteiger partial charge in [0.1, 0.15) is 6.10 Å². The second kappa shape index (κ2) is 6.67. The molecule has 0 fully saturated rings. The van der Waals surface area contributed by atoms with Crippen LogP contribution in [0.4, 0.5) is 0 Å². The molecule has 108 valence electrons. The minimum atomic E-state index is -1.38. The van der Waals surface area contributed by atoms with Crippen molar-refractivity contribution in [2.75, 3.05) is 6.54 Å². The lowest BCUT2D eigenvalue weighted by Gasteiger charge is -2.09. The molecule has 4 N–H and O–H groups in total. The molecule has 1 atom stereocenters. The zero-order chi connectivity index (χ0) is 15.2. The average Bonchev–Trinajstić information content (AvgIpc) is 2.53. The molecule has 0 saturated heterocycles. The summed E-state index contributed by atoms with van der Waals surface area (Å²) < 4.78 is 0.